The summed E-state index contributed by atoms with van der Waals surface area (Å²) in [5.74, 6) is 0.667. The van der Waals surface area contributed by atoms with E-state index in [0.29, 0.717) is 36.6 Å². The fourth-order valence-corrected chi connectivity index (χ4v) is 5.99. The smallest absolute Gasteiger partial charge is 0.255 e. The molecule has 2 saturated carbocycles. The van der Waals surface area contributed by atoms with Crippen LogP contribution in [0.1, 0.15) is 73.7 Å². The molecule has 8 heteroatoms. The Balaban J connectivity index is 1.17. The summed E-state index contributed by atoms with van der Waals surface area (Å²) < 4.78 is 11.9. The average Bonchev–Trinajstić information content (AvgIpc) is 3.41. The Bertz CT molecular complexity index is 942. The topological polar surface area (TPSA) is 97.0 Å². The van der Waals surface area contributed by atoms with Gasteiger partial charge in [-0.05, 0) is 87.6 Å². The first-order chi connectivity index (χ1) is 16.5. The molecule has 1 saturated heterocycles. The van der Waals surface area contributed by atoms with Crippen LogP contribution in [-0.2, 0) is 20.9 Å². The molecular weight excluding hydrogens is 434 g/mol. The van der Waals surface area contributed by atoms with Crippen LogP contribution in [0.15, 0.2) is 18.2 Å². The summed E-state index contributed by atoms with van der Waals surface area (Å²) in [6.45, 7) is 1.40. The number of carbonyl (C=O) groups excluding carboxylic acids is 3. The standard InChI is InChI=1S/C26H35N3O5/c1-33-18-7-5-16(6-8-18)14-27-21-3-2-4-23(21)34-19-9-10-20-17(13-19)15-29(26(20)32)22-11-12-24(30)28-25(22)31/h9-10,13,16,18,21-23,27H,2-8,11-12,14-15H2,1H3,(H,28,30,31)/t16?,18?,21-,22?,23+/m0/s1. The number of nitrogens with zero attached hydrogens (tertiary/aromatic N) is 1. The summed E-state index contributed by atoms with van der Waals surface area (Å²) in [5, 5.41) is 6.12. The summed E-state index contributed by atoms with van der Waals surface area (Å²) in [6, 6.07) is 5.37. The molecule has 0 aromatic heterocycles. The number of nitrogens with one attached hydrogen (secondary N) is 2. The molecule has 1 aromatic carbocycles. The lowest BCUT2D eigenvalue weighted by atomic mass is 9.87. The van der Waals surface area contributed by atoms with E-state index in [2.05, 4.69) is 10.6 Å². The number of methoxy groups -OCH3 is 1. The maximum Gasteiger partial charge on any atom is 0.255 e. The Kier molecular flexibility index (Phi) is 6.88. The molecule has 0 spiro atoms. The first-order valence-electron chi connectivity index (χ1n) is 12.7. The van der Waals surface area contributed by atoms with Crippen molar-refractivity contribution in [2.75, 3.05) is 13.7 Å². The third-order valence-electron chi connectivity index (χ3n) is 8.03. The summed E-state index contributed by atoms with van der Waals surface area (Å²) in [4.78, 5) is 38.2. The minimum atomic E-state index is -0.593. The molecule has 4 aliphatic rings. The minimum Gasteiger partial charge on any atom is -0.489 e. The molecule has 0 radical (unpaired) electrons. The molecule has 2 aliphatic heterocycles. The second-order valence-corrected chi connectivity index (χ2v) is 10.2. The molecule has 3 atom stereocenters. The number of rotatable bonds is 7. The monoisotopic (exact) mass is 469 g/mol. The van der Waals surface area contributed by atoms with Gasteiger partial charge in [-0.15, -0.1) is 0 Å². The lowest BCUT2D eigenvalue weighted by Gasteiger charge is -2.30. The van der Waals surface area contributed by atoms with E-state index in [1.165, 1.54) is 12.8 Å². The number of hydrogen-bond donors (Lipinski definition) is 2. The van der Waals surface area contributed by atoms with Crippen molar-refractivity contribution in [2.45, 2.75) is 88.6 Å². The zero-order chi connectivity index (χ0) is 23.7. The van der Waals surface area contributed by atoms with Crippen molar-refractivity contribution in [3.8, 4) is 5.75 Å². The van der Waals surface area contributed by atoms with Gasteiger partial charge in [-0.1, -0.05) is 0 Å². The first kappa shape index (κ1) is 23.3. The predicted molar refractivity (Wildman–Crippen MR) is 125 cm³/mol. The van der Waals surface area contributed by atoms with Crippen molar-refractivity contribution in [1.29, 1.82) is 0 Å². The normalized spacial score (nSPS) is 31.5. The Hall–Kier alpha value is -2.45. The molecule has 8 nitrogen and oxygen atoms in total. The number of imide groups is 1. The molecule has 2 heterocycles. The van der Waals surface area contributed by atoms with E-state index in [-0.39, 0.29) is 30.2 Å². The van der Waals surface area contributed by atoms with Gasteiger partial charge >= 0.3 is 0 Å². The van der Waals surface area contributed by atoms with Crippen LogP contribution in [0.3, 0.4) is 0 Å². The van der Waals surface area contributed by atoms with Gasteiger partial charge in [0.2, 0.25) is 11.8 Å². The van der Waals surface area contributed by atoms with E-state index in [1.807, 2.05) is 25.3 Å². The Morgan fingerprint density at radius 1 is 1.06 bits per heavy atom. The SMILES string of the molecule is COC1CCC(CN[C@H]2CCC[C@H]2Oc2ccc3c(c2)CN(C2CCC(=O)NC2=O)C3=O)CC1. The molecule has 1 unspecified atom stereocenters. The second kappa shape index (κ2) is 10.0. The highest BCUT2D eigenvalue weighted by Crippen LogP contribution is 2.32. The summed E-state index contributed by atoms with van der Waals surface area (Å²) in [7, 11) is 1.81. The van der Waals surface area contributed by atoms with Crippen LogP contribution in [0.25, 0.3) is 0 Å². The van der Waals surface area contributed by atoms with Crippen molar-refractivity contribution in [3.63, 3.8) is 0 Å². The van der Waals surface area contributed by atoms with Gasteiger partial charge in [-0.25, -0.2) is 0 Å². The van der Waals surface area contributed by atoms with Crippen LogP contribution in [-0.4, -0.2) is 60.6 Å². The van der Waals surface area contributed by atoms with Gasteiger partial charge in [0.15, 0.2) is 0 Å². The Labute approximate surface area is 200 Å². The van der Waals surface area contributed by atoms with E-state index in [9.17, 15) is 14.4 Å². The summed E-state index contributed by atoms with van der Waals surface area (Å²) in [5.41, 5.74) is 1.49. The fourth-order valence-electron chi connectivity index (χ4n) is 5.99. The van der Waals surface area contributed by atoms with E-state index in [0.717, 1.165) is 50.0 Å². The van der Waals surface area contributed by atoms with Gasteiger partial charge in [-0.3, -0.25) is 19.7 Å². The van der Waals surface area contributed by atoms with E-state index < -0.39 is 6.04 Å². The van der Waals surface area contributed by atoms with Crippen molar-refractivity contribution in [3.05, 3.63) is 29.3 Å². The maximum atomic E-state index is 12.9. The fraction of sp³-hybridized carbons (Fsp3) is 0.654. The van der Waals surface area contributed by atoms with E-state index in [1.54, 1.807) is 4.90 Å². The van der Waals surface area contributed by atoms with Crippen molar-refractivity contribution >= 4 is 17.7 Å². The van der Waals surface area contributed by atoms with Gasteiger partial charge in [0.25, 0.3) is 5.91 Å². The molecule has 3 fully saturated rings. The largest absolute Gasteiger partial charge is 0.489 e. The van der Waals surface area contributed by atoms with Crippen LogP contribution in [0.2, 0.25) is 0 Å². The zero-order valence-corrected chi connectivity index (χ0v) is 19.9. The zero-order valence-electron chi connectivity index (χ0n) is 19.9. The summed E-state index contributed by atoms with van der Waals surface area (Å²) >= 11 is 0. The predicted octanol–water partition coefficient (Wildman–Crippen LogP) is 2.54. The minimum absolute atomic E-state index is 0.122. The molecular formula is C26H35N3O5. The van der Waals surface area contributed by atoms with Gasteiger partial charge in [-0.2, -0.15) is 0 Å². The van der Waals surface area contributed by atoms with Gasteiger partial charge < -0.3 is 19.7 Å². The molecule has 2 N–H and O–H groups in total. The quantitative estimate of drug-likeness (QED) is 0.596. The average molecular weight is 470 g/mol. The molecule has 184 valence electrons. The van der Waals surface area contributed by atoms with E-state index >= 15 is 0 Å². The molecule has 34 heavy (non-hydrogen) atoms. The van der Waals surface area contributed by atoms with Crippen molar-refractivity contribution in [2.24, 2.45) is 5.92 Å². The van der Waals surface area contributed by atoms with Crippen LogP contribution >= 0.6 is 0 Å². The second-order valence-electron chi connectivity index (χ2n) is 10.2. The highest BCUT2D eigenvalue weighted by Gasteiger charge is 2.39. The Morgan fingerprint density at radius 2 is 1.88 bits per heavy atom. The van der Waals surface area contributed by atoms with E-state index in [4.69, 9.17) is 9.47 Å². The number of piperidine rings is 1. The van der Waals surface area contributed by atoms with Crippen molar-refractivity contribution < 1.29 is 23.9 Å². The number of ether oxygens (including phenoxy) is 2. The van der Waals surface area contributed by atoms with Crippen LogP contribution in [0, 0.1) is 5.92 Å². The Morgan fingerprint density at radius 3 is 2.65 bits per heavy atom. The number of fused-ring (bicyclic) bond motifs is 1. The third kappa shape index (κ3) is 4.84. The molecule has 5 rings (SSSR count). The number of benzene rings is 1. The molecule has 0 bridgehead atoms. The third-order valence-corrected chi connectivity index (χ3v) is 8.03. The molecule has 1 aromatic rings. The highest BCUT2D eigenvalue weighted by molar-refractivity contribution is 6.05. The summed E-state index contributed by atoms with van der Waals surface area (Å²) in [6.07, 6.45) is 9.19. The van der Waals surface area contributed by atoms with Gasteiger partial charge in [0.1, 0.15) is 17.9 Å². The number of hydrogen-bond acceptors (Lipinski definition) is 6. The maximum absolute atomic E-state index is 12.9. The lowest BCUT2D eigenvalue weighted by Crippen LogP contribution is -2.52. The highest BCUT2D eigenvalue weighted by atomic mass is 16.5. The van der Waals surface area contributed by atoms with Crippen LogP contribution in [0.4, 0.5) is 0 Å². The first-order valence-corrected chi connectivity index (χ1v) is 12.7. The van der Waals surface area contributed by atoms with Gasteiger partial charge in [0.05, 0.1) is 6.10 Å². The lowest BCUT2D eigenvalue weighted by molar-refractivity contribution is -0.136. The molecule has 2 aliphatic carbocycles. The number of carbonyl (C=O) groups is 3. The van der Waals surface area contributed by atoms with Crippen LogP contribution in [0.5, 0.6) is 5.75 Å². The van der Waals surface area contributed by atoms with Gasteiger partial charge in [0, 0.05) is 31.7 Å². The molecule has 3 amide bonds. The van der Waals surface area contributed by atoms with Crippen molar-refractivity contribution in [1.82, 2.24) is 15.5 Å². The number of amides is 3. The van der Waals surface area contributed by atoms with Crippen LogP contribution < -0.4 is 15.4 Å².